The van der Waals surface area contributed by atoms with Gasteiger partial charge in [0.2, 0.25) is 5.88 Å². The highest BCUT2D eigenvalue weighted by molar-refractivity contribution is 7.93. The van der Waals surface area contributed by atoms with Crippen molar-refractivity contribution in [2.45, 2.75) is 63.6 Å². The van der Waals surface area contributed by atoms with Gasteiger partial charge in [-0.1, -0.05) is 61.2 Å². The zero-order valence-electron chi connectivity index (χ0n) is 24.3. The molecule has 3 aromatic rings. The van der Waals surface area contributed by atoms with Crippen molar-refractivity contribution in [2.24, 2.45) is 0 Å². The van der Waals surface area contributed by atoms with Crippen LogP contribution in [0.5, 0.6) is 0 Å². The zero-order valence-corrected chi connectivity index (χ0v) is 26.9. The molecule has 2 aromatic carbocycles. The van der Waals surface area contributed by atoms with E-state index in [1.54, 1.807) is 13.8 Å². The lowest BCUT2D eigenvalue weighted by Crippen LogP contribution is -2.34. The van der Waals surface area contributed by atoms with Crippen molar-refractivity contribution >= 4 is 34.1 Å². The highest BCUT2D eigenvalue weighted by Crippen LogP contribution is 2.37. The lowest BCUT2D eigenvalue weighted by molar-refractivity contribution is -0.127. The van der Waals surface area contributed by atoms with E-state index in [0.29, 0.717) is 17.9 Å². The van der Waals surface area contributed by atoms with Gasteiger partial charge in [-0.25, -0.2) is 12.7 Å². The molecule has 0 radical (unpaired) electrons. The Bertz CT molecular complexity index is 1620. The number of aromatic nitrogens is 1. The van der Waals surface area contributed by atoms with Gasteiger partial charge in [0.15, 0.2) is 0 Å². The van der Waals surface area contributed by atoms with Crippen LogP contribution in [-0.4, -0.2) is 55.8 Å². The maximum atomic E-state index is 14.2. The third-order valence-electron chi connectivity index (χ3n) is 6.31. The molecule has 0 atom stereocenters. The minimum Gasteiger partial charge on any atom is -0.360 e. The average molecular weight is 649 g/mol. The van der Waals surface area contributed by atoms with E-state index >= 15 is 0 Å². The molecule has 0 fully saturated rings. The smallest absolute Gasteiger partial charge is 0.360 e. The summed E-state index contributed by atoms with van der Waals surface area (Å²) in [5.74, 6) is -0.0564. The molecule has 0 spiro atoms. The number of ether oxygens (including phenoxy) is 1. The number of alkyl halides is 3. The number of sulfonamides is 1. The molecule has 0 saturated heterocycles. The molecule has 1 aromatic heterocycles. The van der Waals surface area contributed by atoms with Crippen molar-refractivity contribution in [3.05, 3.63) is 64.8 Å². The molecule has 9 nitrogen and oxygen atoms in total. The van der Waals surface area contributed by atoms with Crippen molar-refractivity contribution in [3.63, 3.8) is 0 Å². The molecule has 0 unspecified atom stereocenters. The second-order valence-electron chi connectivity index (χ2n) is 11.1. The number of hydrogen-bond acceptors (Lipinski definition) is 8. The molecule has 0 aliphatic heterocycles. The van der Waals surface area contributed by atoms with Crippen LogP contribution >= 0.6 is 0 Å². The lowest BCUT2D eigenvalue weighted by atomic mass is 9.95. The van der Waals surface area contributed by atoms with Gasteiger partial charge >= 0.3 is 6.18 Å². The second-order valence-corrected chi connectivity index (χ2v) is 20.2. The van der Waals surface area contributed by atoms with Gasteiger partial charge in [-0.3, -0.25) is 4.18 Å². The SMILES string of the molecule is Cc1noc(N(COCC[Si](C)(C)C)S(=O)(=O)c2ccccc2-c2ccc(COS(C)(=O)=O)cc2CC(F)(F)F)c1C. The van der Waals surface area contributed by atoms with Crippen LogP contribution < -0.4 is 4.31 Å². The Morgan fingerprint density at radius 3 is 2.24 bits per heavy atom. The second kappa shape index (κ2) is 12.9. The summed E-state index contributed by atoms with van der Waals surface area (Å²) >= 11 is 0. The van der Waals surface area contributed by atoms with E-state index in [9.17, 15) is 30.0 Å². The van der Waals surface area contributed by atoms with Crippen molar-refractivity contribution in [2.75, 3.05) is 23.9 Å². The molecular formula is C27H35F3N2O7S2Si. The Kier molecular flexibility index (Phi) is 10.4. The first-order chi connectivity index (χ1) is 19.3. The van der Waals surface area contributed by atoms with E-state index in [-0.39, 0.29) is 33.0 Å². The van der Waals surface area contributed by atoms with E-state index < -0.39 is 54.2 Å². The van der Waals surface area contributed by atoms with Gasteiger partial charge in [-0.2, -0.15) is 21.6 Å². The summed E-state index contributed by atoms with van der Waals surface area (Å²) in [7, 11) is -9.79. The molecule has 232 valence electrons. The largest absolute Gasteiger partial charge is 0.393 e. The van der Waals surface area contributed by atoms with Gasteiger partial charge in [-0.15, -0.1) is 0 Å². The summed E-state index contributed by atoms with van der Waals surface area (Å²) in [5, 5.41) is 3.88. The Labute approximate surface area is 245 Å². The van der Waals surface area contributed by atoms with Crippen LogP contribution in [0.3, 0.4) is 0 Å². The van der Waals surface area contributed by atoms with Crippen LogP contribution in [0.15, 0.2) is 51.9 Å². The summed E-state index contributed by atoms with van der Waals surface area (Å²) in [6, 6.07) is 10.4. The number of halogens is 3. The summed E-state index contributed by atoms with van der Waals surface area (Å²) < 4.78 is 109. The Morgan fingerprint density at radius 1 is 1.00 bits per heavy atom. The summed E-state index contributed by atoms with van der Waals surface area (Å²) in [6.45, 7) is 9.21. The Morgan fingerprint density at radius 2 is 1.67 bits per heavy atom. The van der Waals surface area contributed by atoms with E-state index in [1.807, 2.05) is 0 Å². The fourth-order valence-electron chi connectivity index (χ4n) is 3.97. The highest BCUT2D eigenvalue weighted by atomic mass is 32.2. The van der Waals surface area contributed by atoms with Crippen LogP contribution in [-0.2, 0) is 42.1 Å². The Hall–Kier alpha value is -2.72. The first kappa shape index (κ1) is 33.8. The molecule has 0 aliphatic carbocycles. The third kappa shape index (κ3) is 9.14. The number of nitrogens with zero attached hydrogens (tertiary/aromatic N) is 2. The van der Waals surface area contributed by atoms with Crippen LogP contribution in [0, 0.1) is 13.8 Å². The number of aryl methyl sites for hydroxylation is 1. The van der Waals surface area contributed by atoms with Gasteiger partial charge < -0.3 is 9.26 Å². The fourth-order valence-corrected chi connectivity index (χ4v) is 6.62. The standard InChI is InChI=1S/C27H35F3N2O7S2Si/c1-19-20(2)31-39-26(19)32(18-37-13-14-42(4,5)6)41(35,36)25-10-8-7-9-24(25)23-12-11-21(17-38-40(3,33)34)15-22(23)16-27(28,29)30/h7-12,15H,13-14,16-18H2,1-6H3. The van der Waals surface area contributed by atoms with E-state index in [2.05, 4.69) is 24.8 Å². The lowest BCUT2D eigenvalue weighted by Gasteiger charge is -2.25. The maximum absolute atomic E-state index is 14.2. The molecular weight excluding hydrogens is 614 g/mol. The van der Waals surface area contributed by atoms with Crippen molar-refractivity contribution < 1.29 is 43.4 Å². The first-order valence-corrected chi connectivity index (χ1v) is 19.9. The number of benzene rings is 2. The van der Waals surface area contributed by atoms with Gasteiger partial charge in [0.1, 0.15) is 6.73 Å². The monoisotopic (exact) mass is 648 g/mol. The zero-order chi connectivity index (χ0) is 31.5. The van der Waals surface area contributed by atoms with Crippen molar-refractivity contribution in [3.8, 4) is 11.1 Å². The minimum atomic E-state index is -4.64. The molecule has 0 saturated carbocycles. The van der Waals surface area contributed by atoms with Crippen LogP contribution in [0.2, 0.25) is 25.7 Å². The molecule has 0 amide bonds. The number of rotatable bonds is 13. The van der Waals surface area contributed by atoms with Crippen molar-refractivity contribution in [1.82, 2.24) is 5.16 Å². The predicted octanol–water partition coefficient (Wildman–Crippen LogP) is 6.05. The van der Waals surface area contributed by atoms with E-state index in [1.165, 1.54) is 42.5 Å². The summed E-state index contributed by atoms with van der Waals surface area (Å²) in [5.41, 5.74) is 0.907. The molecule has 0 bridgehead atoms. The van der Waals surface area contributed by atoms with Crippen LogP contribution in [0.4, 0.5) is 19.1 Å². The minimum absolute atomic E-state index is 0.0136. The third-order valence-corrected chi connectivity index (χ3v) is 10.3. The van der Waals surface area contributed by atoms with Crippen LogP contribution in [0.25, 0.3) is 11.1 Å². The normalized spacial score (nSPS) is 13.0. The number of hydrogen-bond donors (Lipinski definition) is 0. The summed E-state index contributed by atoms with van der Waals surface area (Å²) in [4.78, 5) is -0.268. The molecule has 3 rings (SSSR count). The van der Waals surface area contributed by atoms with Crippen LogP contribution in [0.1, 0.15) is 22.4 Å². The topological polar surface area (TPSA) is 116 Å². The fraction of sp³-hybridized carbons (Fsp3) is 0.444. The van der Waals surface area contributed by atoms with Crippen molar-refractivity contribution in [1.29, 1.82) is 0 Å². The average Bonchev–Trinajstić information content (AvgIpc) is 3.18. The van der Waals surface area contributed by atoms with E-state index in [0.717, 1.165) is 16.6 Å². The van der Waals surface area contributed by atoms with Gasteiger partial charge in [-0.05, 0) is 42.6 Å². The van der Waals surface area contributed by atoms with Gasteiger partial charge in [0, 0.05) is 25.8 Å². The quantitative estimate of drug-likeness (QED) is 0.0953. The first-order valence-electron chi connectivity index (χ1n) is 12.9. The van der Waals surface area contributed by atoms with E-state index in [4.69, 9.17) is 13.4 Å². The number of anilines is 1. The maximum Gasteiger partial charge on any atom is 0.393 e. The molecule has 0 N–H and O–H groups in total. The molecule has 0 aliphatic rings. The Balaban J connectivity index is 2.13. The highest BCUT2D eigenvalue weighted by Gasteiger charge is 2.34. The summed E-state index contributed by atoms with van der Waals surface area (Å²) in [6.07, 6.45) is -5.19. The predicted molar refractivity (Wildman–Crippen MR) is 156 cm³/mol. The molecule has 1 heterocycles. The molecule has 15 heteroatoms. The van der Waals surface area contributed by atoms with Gasteiger partial charge in [0.25, 0.3) is 20.1 Å². The van der Waals surface area contributed by atoms with Gasteiger partial charge in [0.05, 0.1) is 29.9 Å². The molecule has 42 heavy (non-hydrogen) atoms.